The van der Waals surface area contributed by atoms with Gasteiger partial charge >= 0.3 is 8.80 Å². The SMILES string of the molecule is CCO[Si](COc1ccc2c(c1)COC1(CCCCC1)O2)(OCC)OCC. The molecule has 2 aliphatic rings. The van der Waals surface area contributed by atoms with Crippen LogP contribution >= 0.6 is 0 Å². The van der Waals surface area contributed by atoms with Crippen LogP contribution in [0.25, 0.3) is 0 Å². The van der Waals surface area contributed by atoms with Crippen molar-refractivity contribution < 1.29 is 27.5 Å². The van der Waals surface area contributed by atoms with Crippen molar-refractivity contribution in [3.63, 3.8) is 0 Å². The predicted octanol–water partition coefficient (Wildman–Crippen LogP) is 4.22. The van der Waals surface area contributed by atoms with Gasteiger partial charge in [0, 0.05) is 38.2 Å². The highest BCUT2D eigenvalue weighted by molar-refractivity contribution is 6.60. The van der Waals surface area contributed by atoms with Crippen molar-refractivity contribution in [2.24, 2.45) is 0 Å². The Morgan fingerprint density at radius 3 is 2.26 bits per heavy atom. The highest BCUT2D eigenvalue weighted by Crippen LogP contribution is 2.41. The van der Waals surface area contributed by atoms with E-state index in [1.54, 1.807) is 0 Å². The lowest BCUT2D eigenvalue weighted by atomic mass is 9.93. The molecule has 0 saturated heterocycles. The Bertz CT molecular complexity index is 585. The van der Waals surface area contributed by atoms with Crippen molar-refractivity contribution in [3.8, 4) is 11.5 Å². The van der Waals surface area contributed by atoms with Crippen molar-refractivity contribution in [1.82, 2.24) is 0 Å². The fraction of sp³-hybridized carbons (Fsp3) is 0.700. The molecule has 1 aliphatic heterocycles. The van der Waals surface area contributed by atoms with Crippen LogP contribution in [0.4, 0.5) is 0 Å². The molecule has 1 aromatic rings. The summed E-state index contributed by atoms with van der Waals surface area (Å²) in [4.78, 5) is 0. The van der Waals surface area contributed by atoms with Crippen molar-refractivity contribution in [2.75, 3.05) is 26.1 Å². The van der Waals surface area contributed by atoms with Gasteiger partial charge in [-0.15, -0.1) is 0 Å². The van der Waals surface area contributed by atoms with Crippen LogP contribution in [-0.4, -0.2) is 40.6 Å². The Hall–Kier alpha value is -1.12. The van der Waals surface area contributed by atoms with Gasteiger partial charge in [-0.3, -0.25) is 0 Å². The number of benzene rings is 1. The minimum atomic E-state index is -2.83. The molecule has 1 saturated carbocycles. The summed E-state index contributed by atoms with van der Waals surface area (Å²) in [5, 5.41) is 0. The van der Waals surface area contributed by atoms with Crippen LogP contribution in [0.5, 0.6) is 11.5 Å². The molecular formula is C20H32O6Si. The van der Waals surface area contributed by atoms with E-state index in [-0.39, 0.29) is 6.23 Å². The van der Waals surface area contributed by atoms with Crippen molar-refractivity contribution in [1.29, 1.82) is 0 Å². The maximum Gasteiger partial charge on any atom is 0.540 e. The third kappa shape index (κ3) is 5.03. The Kier molecular flexibility index (Phi) is 7.16. The number of hydrogen-bond acceptors (Lipinski definition) is 6. The fourth-order valence-corrected chi connectivity index (χ4v) is 5.88. The normalized spacial score (nSPS) is 18.8. The lowest BCUT2D eigenvalue weighted by Gasteiger charge is -2.41. The molecule has 0 bridgehead atoms. The second-order valence-corrected chi connectivity index (χ2v) is 9.42. The van der Waals surface area contributed by atoms with E-state index in [1.807, 2.05) is 39.0 Å². The molecule has 1 fully saturated rings. The largest absolute Gasteiger partial charge is 0.540 e. The van der Waals surface area contributed by atoms with E-state index in [0.29, 0.717) is 26.4 Å². The first-order valence-electron chi connectivity index (χ1n) is 10.1. The van der Waals surface area contributed by atoms with Gasteiger partial charge in [0.1, 0.15) is 11.5 Å². The molecule has 7 heteroatoms. The molecule has 0 amide bonds. The first-order valence-corrected chi connectivity index (χ1v) is 12.1. The lowest BCUT2D eigenvalue weighted by Crippen LogP contribution is -2.51. The average Bonchev–Trinajstić information content (AvgIpc) is 2.68. The average molecular weight is 397 g/mol. The van der Waals surface area contributed by atoms with Gasteiger partial charge in [0.2, 0.25) is 5.79 Å². The number of hydrogen-bond donors (Lipinski definition) is 0. The van der Waals surface area contributed by atoms with Gasteiger partial charge < -0.3 is 27.5 Å². The zero-order chi connectivity index (χ0) is 19.2. The zero-order valence-corrected chi connectivity index (χ0v) is 17.8. The zero-order valence-electron chi connectivity index (χ0n) is 16.8. The highest BCUT2D eigenvalue weighted by Gasteiger charge is 2.42. The first-order chi connectivity index (χ1) is 13.1. The van der Waals surface area contributed by atoms with Crippen LogP contribution in [0.2, 0.25) is 0 Å². The van der Waals surface area contributed by atoms with E-state index in [9.17, 15) is 0 Å². The van der Waals surface area contributed by atoms with E-state index < -0.39 is 14.6 Å². The van der Waals surface area contributed by atoms with Gasteiger partial charge in [-0.25, -0.2) is 0 Å². The van der Waals surface area contributed by atoms with Crippen LogP contribution in [-0.2, 0) is 24.6 Å². The molecule has 1 spiro atoms. The summed E-state index contributed by atoms with van der Waals surface area (Å²) < 4.78 is 35.9. The van der Waals surface area contributed by atoms with Gasteiger partial charge in [-0.1, -0.05) is 6.42 Å². The summed E-state index contributed by atoms with van der Waals surface area (Å²) in [5.74, 6) is 1.23. The van der Waals surface area contributed by atoms with Gasteiger partial charge in [0.15, 0.2) is 6.23 Å². The molecule has 0 aromatic heterocycles. The minimum absolute atomic E-state index is 0.285. The third-order valence-electron chi connectivity index (χ3n) is 4.94. The Labute approximate surface area is 163 Å². The summed E-state index contributed by atoms with van der Waals surface area (Å²) in [5.41, 5.74) is 1.01. The van der Waals surface area contributed by atoms with E-state index in [2.05, 4.69) is 0 Å². The molecule has 1 heterocycles. The van der Waals surface area contributed by atoms with Gasteiger partial charge in [0.05, 0.1) is 6.61 Å². The Balaban J connectivity index is 1.66. The molecular weight excluding hydrogens is 364 g/mol. The van der Waals surface area contributed by atoms with Crippen molar-refractivity contribution >= 4 is 8.80 Å². The third-order valence-corrected chi connectivity index (χ3v) is 7.63. The van der Waals surface area contributed by atoms with Crippen LogP contribution in [0.3, 0.4) is 0 Å². The summed E-state index contributed by atoms with van der Waals surface area (Å²) in [6, 6.07) is 5.90. The molecule has 152 valence electrons. The molecule has 27 heavy (non-hydrogen) atoms. The van der Waals surface area contributed by atoms with Crippen molar-refractivity contribution in [3.05, 3.63) is 23.8 Å². The maximum absolute atomic E-state index is 6.23. The standard InChI is InChI=1S/C20H32O6Si/c1-4-23-27(24-5-2,25-6-3)16-21-18-10-11-19-17(14-18)15-22-20(26-19)12-8-7-9-13-20/h10-11,14H,4-9,12-13,15-16H2,1-3H3. The number of rotatable bonds is 9. The molecule has 0 atom stereocenters. The lowest BCUT2D eigenvalue weighted by molar-refractivity contribution is -0.222. The van der Waals surface area contributed by atoms with Crippen LogP contribution in [0, 0.1) is 0 Å². The molecule has 1 aliphatic carbocycles. The van der Waals surface area contributed by atoms with Gasteiger partial charge in [-0.05, 0) is 51.8 Å². The maximum atomic E-state index is 6.23. The Morgan fingerprint density at radius 2 is 1.63 bits per heavy atom. The second kappa shape index (κ2) is 9.38. The quantitative estimate of drug-likeness (QED) is 0.583. The van der Waals surface area contributed by atoms with E-state index >= 15 is 0 Å². The highest BCUT2D eigenvalue weighted by atomic mass is 28.4. The predicted molar refractivity (Wildman–Crippen MR) is 104 cm³/mol. The number of ether oxygens (including phenoxy) is 3. The molecule has 1 aromatic carbocycles. The molecule has 0 N–H and O–H groups in total. The minimum Gasteiger partial charge on any atom is -0.489 e. The molecule has 0 unspecified atom stereocenters. The monoisotopic (exact) mass is 396 g/mol. The number of fused-ring (bicyclic) bond motifs is 1. The fourth-order valence-electron chi connectivity index (χ4n) is 3.72. The summed E-state index contributed by atoms with van der Waals surface area (Å²) in [6.07, 6.45) is 5.81. The molecule has 0 radical (unpaired) electrons. The first kappa shape index (κ1) is 20.6. The van der Waals surface area contributed by atoms with E-state index in [0.717, 1.165) is 42.7 Å². The smallest absolute Gasteiger partial charge is 0.489 e. The second-order valence-electron chi connectivity index (χ2n) is 6.90. The summed E-state index contributed by atoms with van der Waals surface area (Å²) in [6.45, 7) is 7.96. The van der Waals surface area contributed by atoms with E-state index in [4.69, 9.17) is 27.5 Å². The topological polar surface area (TPSA) is 55.4 Å². The van der Waals surface area contributed by atoms with Crippen molar-refractivity contribution in [2.45, 2.75) is 65.3 Å². The van der Waals surface area contributed by atoms with Crippen LogP contribution in [0.15, 0.2) is 18.2 Å². The molecule has 3 rings (SSSR count). The summed E-state index contributed by atoms with van der Waals surface area (Å²) >= 11 is 0. The van der Waals surface area contributed by atoms with Gasteiger partial charge in [0.25, 0.3) is 0 Å². The summed E-state index contributed by atoms with van der Waals surface area (Å²) in [7, 11) is -2.83. The molecule has 6 nitrogen and oxygen atoms in total. The Morgan fingerprint density at radius 1 is 0.963 bits per heavy atom. The van der Waals surface area contributed by atoms with Gasteiger partial charge in [-0.2, -0.15) is 0 Å². The van der Waals surface area contributed by atoms with Crippen LogP contribution in [0.1, 0.15) is 58.4 Å². The van der Waals surface area contributed by atoms with Crippen LogP contribution < -0.4 is 9.47 Å². The van der Waals surface area contributed by atoms with E-state index in [1.165, 1.54) is 6.42 Å².